The average Bonchev–Trinajstić information content (AvgIpc) is 3.07. The van der Waals surface area contributed by atoms with Crippen molar-refractivity contribution < 1.29 is 4.79 Å². The number of carbonyl (C=O) groups excluding carboxylic acids is 1. The van der Waals surface area contributed by atoms with E-state index in [1.165, 1.54) is 6.20 Å². The van der Waals surface area contributed by atoms with Gasteiger partial charge in [-0.1, -0.05) is 0 Å². The highest BCUT2D eigenvalue weighted by molar-refractivity contribution is 5.92. The van der Waals surface area contributed by atoms with Gasteiger partial charge < -0.3 is 14.5 Å². The number of hydrogen-bond donors (Lipinski definition) is 1. The predicted octanol–water partition coefficient (Wildman–Crippen LogP) is 1.05. The molecule has 0 saturated carbocycles. The molecule has 1 atom stereocenters. The first-order chi connectivity index (χ1) is 10.7. The maximum atomic E-state index is 12.6. The van der Waals surface area contributed by atoms with Crippen molar-refractivity contribution in [1.82, 2.24) is 24.4 Å². The highest BCUT2D eigenvalue weighted by atomic mass is 16.2. The molecule has 1 N–H and O–H groups in total. The van der Waals surface area contributed by atoms with Crippen LogP contribution in [0.5, 0.6) is 0 Å². The van der Waals surface area contributed by atoms with Crippen molar-refractivity contribution >= 4 is 5.91 Å². The van der Waals surface area contributed by atoms with Gasteiger partial charge in [-0.15, -0.1) is 0 Å². The largest absolute Gasteiger partial charge is 0.337 e. The number of aromatic amines is 1. The summed E-state index contributed by atoms with van der Waals surface area (Å²) >= 11 is 0. The molecule has 0 aromatic carbocycles. The number of carbonyl (C=O) groups is 1. The Bertz CT molecular complexity index is 659. The molecule has 7 nitrogen and oxygen atoms in total. The number of H-pyrrole nitrogens is 1. The second-order valence-electron chi connectivity index (χ2n) is 5.53. The lowest BCUT2D eigenvalue weighted by Crippen LogP contribution is -2.44. The molecule has 1 aliphatic rings. The van der Waals surface area contributed by atoms with Crippen LogP contribution in [0, 0.1) is 0 Å². The van der Waals surface area contributed by atoms with Crippen molar-refractivity contribution in [2.24, 2.45) is 0 Å². The number of nitrogens with one attached hydrogen (secondary N) is 1. The predicted molar refractivity (Wildman–Crippen MR) is 80.4 cm³/mol. The minimum Gasteiger partial charge on any atom is -0.337 e. The van der Waals surface area contributed by atoms with Crippen LogP contribution < -0.4 is 5.56 Å². The number of aryl methyl sites for hydroxylation is 1. The van der Waals surface area contributed by atoms with Gasteiger partial charge in [-0.05, 0) is 25.7 Å². The summed E-state index contributed by atoms with van der Waals surface area (Å²) in [6.45, 7) is 1.59. The Hall–Kier alpha value is -2.44. The highest BCUT2D eigenvalue weighted by Crippen LogP contribution is 2.21. The van der Waals surface area contributed by atoms with Crippen molar-refractivity contribution in [2.45, 2.75) is 38.3 Å². The number of amides is 1. The van der Waals surface area contributed by atoms with Crippen LogP contribution in [0.25, 0.3) is 0 Å². The van der Waals surface area contributed by atoms with E-state index in [-0.39, 0.29) is 17.5 Å². The van der Waals surface area contributed by atoms with Crippen LogP contribution in [0.2, 0.25) is 0 Å². The third-order valence-corrected chi connectivity index (χ3v) is 4.06. The fraction of sp³-hybridized carbons (Fsp3) is 0.467. The molecule has 0 radical (unpaired) electrons. The summed E-state index contributed by atoms with van der Waals surface area (Å²) in [6.07, 6.45) is 12.1. The minimum atomic E-state index is -0.299. The summed E-state index contributed by atoms with van der Waals surface area (Å²) in [5.74, 6) is -0.105. The molecule has 7 heteroatoms. The van der Waals surface area contributed by atoms with Gasteiger partial charge in [0.15, 0.2) is 0 Å². The Morgan fingerprint density at radius 1 is 1.41 bits per heavy atom. The van der Waals surface area contributed by atoms with E-state index >= 15 is 0 Å². The number of rotatable bonds is 4. The molecule has 0 bridgehead atoms. The van der Waals surface area contributed by atoms with Crippen LogP contribution in [-0.2, 0) is 6.54 Å². The van der Waals surface area contributed by atoms with Crippen LogP contribution in [0.3, 0.4) is 0 Å². The Morgan fingerprint density at radius 2 is 2.32 bits per heavy atom. The zero-order valence-electron chi connectivity index (χ0n) is 12.3. The van der Waals surface area contributed by atoms with Crippen molar-refractivity contribution in [3.63, 3.8) is 0 Å². The summed E-state index contributed by atoms with van der Waals surface area (Å²) in [5, 5.41) is 0. The quantitative estimate of drug-likeness (QED) is 0.915. The Balaban J connectivity index is 1.69. The van der Waals surface area contributed by atoms with Crippen LogP contribution >= 0.6 is 0 Å². The first-order valence-electron chi connectivity index (χ1n) is 7.55. The van der Waals surface area contributed by atoms with Gasteiger partial charge in [0, 0.05) is 37.7 Å². The molecule has 0 spiro atoms. The summed E-state index contributed by atoms with van der Waals surface area (Å²) in [4.78, 5) is 36.1. The normalized spacial score (nSPS) is 18.4. The monoisotopic (exact) mass is 301 g/mol. The van der Waals surface area contributed by atoms with Crippen molar-refractivity contribution in [1.29, 1.82) is 0 Å². The zero-order chi connectivity index (χ0) is 15.4. The van der Waals surface area contributed by atoms with E-state index in [9.17, 15) is 9.59 Å². The Labute approximate surface area is 128 Å². The number of hydrogen-bond acceptors (Lipinski definition) is 4. The minimum absolute atomic E-state index is 0.105. The Kier molecular flexibility index (Phi) is 4.32. The van der Waals surface area contributed by atoms with E-state index < -0.39 is 0 Å². The fourth-order valence-corrected chi connectivity index (χ4v) is 2.89. The average molecular weight is 301 g/mol. The highest BCUT2D eigenvalue weighted by Gasteiger charge is 2.28. The molecule has 2 aromatic rings. The van der Waals surface area contributed by atoms with Crippen molar-refractivity contribution in [3.8, 4) is 0 Å². The number of likely N-dealkylation sites (tertiary alicyclic amines) is 1. The Morgan fingerprint density at radius 3 is 3.05 bits per heavy atom. The van der Waals surface area contributed by atoms with Gasteiger partial charge in [0.05, 0.1) is 12.5 Å². The van der Waals surface area contributed by atoms with Gasteiger partial charge in [0.2, 0.25) is 0 Å². The number of imidazole rings is 1. The second-order valence-corrected chi connectivity index (χ2v) is 5.53. The van der Waals surface area contributed by atoms with Crippen molar-refractivity contribution in [2.75, 3.05) is 6.54 Å². The fourth-order valence-electron chi connectivity index (χ4n) is 2.89. The second kappa shape index (κ2) is 6.55. The lowest BCUT2D eigenvalue weighted by molar-refractivity contribution is 0.0589. The van der Waals surface area contributed by atoms with Crippen LogP contribution in [0.4, 0.5) is 0 Å². The molecule has 3 heterocycles. The first kappa shape index (κ1) is 14.5. The summed E-state index contributed by atoms with van der Waals surface area (Å²) < 4.78 is 2.02. The summed E-state index contributed by atoms with van der Waals surface area (Å²) in [5.41, 5.74) is 0.000910. The topological polar surface area (TPSA) is 83.9 Å². The third kappa shape index (κ3) is 3.24. The molecular weight excluding hydrogens is 282 g/mol. The van der Waals surface area contributed by atoms with E-state index in [4.69, 9.17) is 0 Å². The van der Waals surface area contributed by atoms with Gasteiger partial charge in [0.25, 0.3) is 11.5 Å². The molecule has 1 amide bonds. The summed E-state index contributed by atoms with van der Waals surface area (Å²) in [6, 6.07) is 0.206. The maximum absolute atomic E-state index is 12.6. The molecule has 2 aromatic heterocycles. The van der Waals surface area contributed by atoms with E-state index in [1.807, 2.05) is 15.7 Å². The number of piperidine rings is 1. The molecular formula is C15H19N5O2. The molecule has 22 heavy (non-hydrogen) atoms. The SMILES string of the molecule is O=C(c1c[nH]c(=O)cn1)N1CCCCC1CCn1ccnc1. The number of aromatic nitrogens is 4. The third-order valence-electron chi connectivity index (χ3n) is 4.06. The van der Waals surface area contributed by atoms with Crippen LogP contribution in [0.15, 0.2) is 35.9 Å². The molecule has 3 rings (SSSR count). The van der Waals surface area contributed by atoms with Gasteiger partial charge in [-0.25, -0.2) is 9.97 Å². The van der Waals surface area contributed by atoms with Gasteiger partial charge in [-0.2, -0.15) is 0 Å². The number of nitrogens with zero attached hydrogens (tertiary/aromatic N) is 4. The van der Waals surface area contributed by atoms with Gasteiger partial charge in [0.1, 0.15) is 5.69 Å². The lowest BCUT2D eigenvalue weighted by Gasteiger charge is -2.35. The zero-order valence-corrected chi connectivity index (χ0v) is 12.3. The summed E-state index contributed by atoms with van der Waals surface area (Å²) in [7, 11) is 0. The van der Waals surface area contributed by atoms with Gasteiger partial charge >= 0.3 is 0 Å². The van der Waals surface area contributed by atoms with Gasteiger partial charge in [-0.3, -0.25) is 9.59 Å². The van der Waals surface area contributed by atoms with E-state index in [1.54, 1.807) is 12.5 Å². The molecule has 1 fully saturated rings. The van der Waals surface area contributed by atoms with Crippen LogP contribution in [0.1, 0.15) is 36.2 Å². The van der Waals surface area contributed by atoms with E-state index in [2.05, 4.69) is 15.0 Å². The standard InChI is InChI=1S/C15H19N5O2/c21-14-10-17-13(9-18-14)15(22)20-6-2-1-3-12(20)4-7-19-8-5-16-11-19/h5,8-12H,1-4,6-7H2,(H,18,21). The molecule has 1 aliphatic heterocycles. The lowest BCUT2D eigenvalue weighted by atomic mass is 9.99. The van der Waals surface area contributed by atoms with E-state index in [0.29, 0.717) is 5.69 Å². The van der Waals surface area contributed by atoms with E-state index in [0.717, 1.165) is 45.0 Å². The molecule has 1 unspecified atom stereocenters. The first-order valence-corrected chi connectivity index (χ1v) is 7.55. The maximum Gasteiger partial charge on any atom is 0.274 e. The smallest absolute Gasteiger partial charge is 0.274 e. The van der Waals surface area contributed by atoms with Crippen LogP contribution in [-0.4, -0.2) is 42.9 Å². The molecule has 116 valence electrons. The van der Waals surface area contributed by atoms with Crippen molar-refractivity contribution in [3.05, 3.63) is 47.2 Å². The molecule has 0 aliphatic carbocycles. The molecule has 1 saturated heterocycles.